The van der Waals surface area contributed by atoms with Crippen LogP contribution in [0.2, 0.25) is 0 Å². The number of nitrogens with two attached hydrogens (primary N) is 1. The lowest BCUT2D eigenvalue weighted by Gasteiger charge is -2.03. The molecule has 2 aromatic carbocycles. The molecule has 23 heavy (non-hydrogen) atoms. The molecule has 0 amide bonds. The summed E-state index contributed by atoms with van der Waals surface area (Å²) in [4.78, 5) is -0.821. The van der Waals surface area contributed by atoms with Gasteiger partial charge in [0.2, 0.25) is 0 Å². The van der Waals surface area contributed by atoms with Gasteiger partial charge in [-0.05, 0) is 42.5 Å². The number of hydrogen-bond acceptors (Lipinski definition) is 7. The van der Waals surface area contributed by atoms with E-state index in [2.05, 4.69) is 10.2 Å². The molecule has 0 aliphatic heterocycles. The second kappa shape index (κ2) is 6.04. The molecule has 0 atom stereocenters. The van der Waals surface area contributed by atoms with Crippen molar-refractivity contribution in [3.05, 3.63) is 42.5 Å². The third-order valence-corrected chi connectivity index (χ3v) is 4.42. The lowest BCUT2D eigenvalue weighted by molar-refractivity contribution is 0.481. The molecule has 9 nitrogen and oxygen atoms in total. The minimum absolute atomic E-state index is 0.120. The van der Waals surface area contributed by atoms with Crippen LogP contribution in [-0.4, -0.2) is 25.9 Å². The minimum Gasteiger partial charge on any atom is -0.399 e. The summed E-state index contributed by atoms with van der Waals surface area (Å²) in [5, 5.41) is 7.43. The molecule has 0 fully saturated rings. The molecular weight excluding hydrogens is 346 g/mol. The van der Waals surface area contributed by atoms with Gasteiger partial charge in [0.15, 0.2) is 0 Å². The predicted octanol–water partition coefficient (Wildman–Crippen LogP) is 2.18. The van der Waals surface area contributed by atoms with E-state index >= 15 is 0 Å². The molecule has 0 spiro atoms. The monoisotopic (exact) mass is 357 g/mol. The zero-order valence-electron chi connectivity index (χ0n) is 11.4. The number of azo groups is 1. The fraction of sp³-hybridized carbons (Fsp3) is 0. The van der Waals surface area contributed by atoms with Crippen molar-refractivity contribution >= 4 is 37.3 Å². The fourth-order valence-corrected chi connectivity index (χ4v) is 2.75. The number of nitrogen functional groups attached to an aromatic ring is 1. The Morgan fingerprint density at radius 3 is 1.96 bits per heavy atom. The third-order valence-electron chi connectivity index (χ3n) is 2.67. The zero-order valence-corrected chi connectivity index (χ0v) is 13.0. The molecule has 0 heterocycles. The van der Waals surface area contributed by atoms with Gasteiger partial charge in [-0.1, -0.05) is 0 Å². The van der Waals surface area contributed by atoms with Crippen LogP contribution in [0, 0.1) is 0 Å². The van der Waals surface area contributed by atoms with Crippen molar-refractivity contribution < 1.29 is 25.9 Å². The highest BCUT2D eigenvalue weighted by molar-refractivity contribution is 7.86. The Kier molecular flexibility index (Phi) is 4.47. The van der Waals surface area contributed by atoms with Gasteiger partial charge in [0.25, 0.3) is 20.2 Å². The average Bonchev–Trinajstić information content (AvgIpc) is 2.44. The number of benzene rings is 2. The Morgan fingerprint density at radius 2 is 1.43 bits per heavy atom. The smallest absolute Gasteiger partial charge is 0.296 e. The van der Waals surface area contributed by atoms with E-state index in [9.17, 15) is 16.8 Å². The highest BCUT2D eigenvalue weighted by Gasteiger charge is 2.16. The summed E-state index contributed by atoms with van der Waals surface area (Å²) in [5.74, 6) is 0. The van der Waals surface area contributed by atoms with E-state index in [-0.39, 0.29) is 22.0 Å². The molecule has 0 aromatic heterocycles. The molecule has 4 N–H and O–H groups in total. The topological polar surface area (TPSA) is 159 Å². The van der Waals surface area contributed by atoms with Crippen LogP contribution in [0.4, 0.5) is 17.1 Å². The van der Waals surface area contributed by atoms with Gasteiger partial charge in [-0.15, -0.1) is 5.11 Å². The molecule has 0 unspecified atom stereocenters. The van der Waals surface area contributed by atoms with Gasteiger partial charge < -0.3 is 5.73 Å². The maximum atomic E-state index is 11.3. The highest BCUT2D eigenvalue weighted by atomic mass is 32.2. The summed E-state index contributed by atoms with van der Waals surface area (Å²) in [6.07, 6.45) is 0. The first-order chi connectivity index (χ1) is 10.6. The summed E-state index contributed by atoms with van der Waals surface area (Å²) in [6.45, 7) is 0. The first-order valence-corrected chi connectivity index (χ1v) is 8.82. The Hall–Kier alpha value is -2.34. The first kappa shape index (κ1) is 17.0. The predicted molar refractivity (Wildman–Crippen MR) is 81.1 cm³/mol. The molecule has 0 saturated carbocycles. The van der Waals surface area contributed by atoms with Crippen LogP contribution in [-0.2, 0) is 20.2 Å². The van der Waals surface area contributed by atoms with Crippen molar-refractivity contribution in [2.45, 2.75) is 9.79 Å². The fourth-order valence-electron chi connectivity index (χ4n) is 1.62. The Morgan fingerprint density at radius 1 is 0.826 bits per heavy atom. The molecule has 11 heteroatoms. The Labute approximate surface area is 132 Å². The number of nitrogens with zero attached hydrogens (tertiary/aromatic N) is 2. The number of hydrogen-bond donors (Lipinski definition) is 3. The van der Waals surface area contributed by atoms with Crippen molar-refractivity contribution in [1.29, 1.82) is 0 Å². The van der Waals surface area contributed by atoms with Crippen LogP contribution in [0.25, 0.3) is 0 Å². The van der Waals surface area contributed by atoms with E-state index in [0.717, 1.165) is 18.2 Å². The highest BCUT2D eigenvalue weighted by Crippen LogP contribution is 2.28. The molecule has 0 aliphatic carbocycles. The van der Waals surface area contributed by atoms with Gasteiger partial charge in [-0.2, -0.15) is 21.9 Å². The number of anilines is 1. The lowest BCUT2D eigenvalue weighted by Crippen LogP contribution is -1.99. The molecule has 122 valence electrons. The van der Waals surface area contributed by atoms with Gasteiger partial charge >= 0.3 is 0 Å². The van der Waals surface area contributed by atoms with Gasteiger partial charge in [-0.3, -0.25) is 9.11 Å². The SMILES string of the molecule is Nc1ccc(N=Nc2ccc(S(=O)(=O)O)cc2)c(S(=O)(=O)O)c1. The Balaban J connectivity index is 2.38. The molecule has 0 saturated heterocycles. The van der Waals surface area contributed by atoms with Crippen molar-refractivity contribution in [1.82, 2.24) is 0 Å². The summed E-state index contributed by atoms with van der Waals surface area (Å²) in [6, 6.07) is 8.41. The van der Waals surface area contributed by atoms with E-state index in [0.29, 0.717) is 0 Å². The molecular formula is C12H11N3O6S2. The van der Waals surface area contributed by atoms with Crippen LogP contribution in [0.1, 0.15) is 0 Å². The van der Waals surface area contributed by atoms with Crippen LogP contribution in [0.5, 0.6) is 0 Å². The van der Waals surface area contributed by atoms with E-state index in [1.165, 1.54) is 24.3 Å². The van der Waals surface area contributed by atoms with E-state index in [4.69, 9.17) is 14.8 Å². The molecule has 0 radical (unpaired) electrons. The maximum absolute atomic E-state index is 11.3. The van der Waals surface area contributed by atoms with Crippen LogP contribution in [0.3, 0.4) is 0 Å². The summed E-state index contributed by atoms with van der Waals surface area (Å²) in [7, 11) is -8.85. The standard InChI is InChI=1S/C12H11N3O6S2/c13-8-1-6-11(12(7-8)23(19,20)21)15-14-9-2-4-10(5-3-9)22(16,17)18/h1-7H,13H2,(H,16,17,18)(H,19,20,21). The largest absolute Gasteiger partial charge is 0.399 e. The van der Waals surface area contributed by atoms with Crippen molar-refractivity contribution in [3.8, 4) is 0 Å². The first-order valence-electron chi connectivity index (χ1n) is 5.94. The third kappa shape index (κ3) is 4.32. The van der Waals surface area contributed by atoms with Crippen LogP contribution >= 0.6 is 0 Å². The lowest BCUT2D eigenvalue weighted by atomic mass is 10.3. The summed E-state index contributed by atoms with van der Waals surface area (Å²) < 4.78 is 62.4. The number of rotatable bonds is 4. The molecule has 2 aromatic rings. The molecule has 0 bridgehead atoms. The Bertz CT molecular complexity index is 966. The van der Waals surface area contributed by atoms with Crippen LogP contribution in [0.15, 0.2) is 62.5 Å². The van der Waals surface area contributed by atoms with Crippen molar-refractivity contribution in [2.24, 2.45) is 10.2 Å². The van der Waals surface area contributed by atoms with Crippen molar-refractivity contribution in [3.63, 3.8) is 0 Å². The summed E-state index contributed by atoms with van der Waals surface area (Å²) >= 11 is 0. The van der Waals surface area contributed by atoms with Crippen LogP contribution < -0.4 is 5.73 Å². The average molecular weight is 357 g/mol. The van der Waals surface area contributed by atoms with Gasteiger partial charge in [0.05, 0.1) is 10.6 Å². The zero-order chi connectivity index (χ0) is 17.3. The maximum Gasteiger partial charge on any atom is 0.296 e. The molecule has 0 aliphatic rings. The van der Waals surface area contributed by atoms with E-state index in [1.54, 1.807) is 0 Å². The van der Waals surface area contributed by atoms with Crippen molar-refractivity contribution in [2.75, 3.05) is 5.73 Å². The van der Waals surface area contributed by atoms with E-state index in [1.807, 2.05) is 0 Å². The normalized spacial score (nSPS) is 12.6. The quantitative estimate of drug-likeness (QED) is 0.429. The van der Waals surface area contributed by atoms with E-state index < -0.39 is 25.1 Å². The van der Waals surface area contributed by atoms with Gasteiger partial charge in [0.1, 0.15) is 10.6 Å². The summed E-state index contributed by atoms with van der Waals surface area (Å²) in [5.41, 5.74) is 5.65. The molecule has 2 rings (SSSR count). The minimum atomic E-state index is -4.53. The second-order valence-electron chi connectivity index (χ2n) is 4.37. The van der Waals surface area contributed by atoms with Gasteiger partial charge in [-0.25, -0.2) is 0 Å². The second-order valence-corrected chi connectivity index (χ2v) is 7.18. The van der Waals surface area contributed by atoms with Gasteiger partial charge in [0, 0.05) is 5.69 Å².